The van der Waals surface area contributed by atoms with Crippen LogP contribution in [0.4, 0.5) is 5.82 Å². The number of hydrogen-bond acceptors (Lipinski definition) is 5. The van der Waals surface area contributed by atoms with Crippen LogP contribution in [0.2, 0.25) is 0 Å². The number of anilines is 1. The third-order valence-electron chi connectivity index (χ3n) is 3.89. The monoisotopic (exact) mass is 246 g/mol. The predicted molar refractivity (Wildman–Crippen MR) is 68.2 cm³/mol. The summed E-state index contributed by atoms with van der Waals surface area (Å²) in [5, 5.41) is 27.1. The van der Waals surface area contributed by atoms with Gasteiger partial charge in [0.15, 0.2) is 5.82 Å². The smallest absolute Gasteiger partial charge is 0.169 e. The summed E-state index contributed by atoms with van der Waals surface area (Å²) >= 11 is 0. The first-order valence-corrected chi connectivity index (χ1v) is 6.21. The molecular formula is C13H18N4O. The Morgan fingerprint density at radius 2 is 2.17 bits per heavy atom. The molecule has 0 bridgehead atoms. The van der Waals surface area contributed by atoms with E-state index in [1.807, 2.05) is 18.7 Å². The van der Waals surface area contributed by atoms with Gasteiger partial charge in [0.25, 0.3) is 0 Å². The molecule has 1 aromatic rings. The zero-order valence-corrected chi connectivity index (χ0v) is 11.0. The highest BCUT2D eigenvalue weighted by atomic mass is 16.3. The van der Waals surface area contributed by atoms with E-state index < -0.39 is 0 Å². The Labute approximate surface area is 107 Å². The molecule has 1 N–H and O–H groups in total. The average Bonchev–Trinajstić information content (AvgIpc) is 2.73. The van der Waals surface area contributed by atoms with Crippen molar-refractivity contribution in [2.24, 2.45) is 5.92 Å². The molecule has 18 heavy (non-hydrogen) atoms. The van der Waals surface area contributed by atoms with Crippen LogP contribution in [0.25, 0.3) is 0 Å². The zero-order valence-electron chi connectivity index (χ0n) is 11.0. The van der Waals surface area contributed by atoms with E-state index in [-0.39, 0.29) is 12.6 Å². The van der Waals surface area contributed by atoms with Gasteiger partial charge in [-0.1, -0.05) is 6.92 Å². The van der Waals surface area contributed by atoms with Crippen LogP contribution >= 0.6 is 0 Å². The van der Waals surface area contributed by atoms with Crippen molar-refractivity contribution in [3.8, 4) is 6.07 Å². The van der Waals surface area contributed by atoms with Crippen LogP contribution in [0.3, 0.4) is 0 Å². The molecule has 1 fully saturated rings. The molecule has 1 saturated heterocycles. The van der Waals surface area contributed by atoms with E-state index >= 15 is 0 Å². The lowest BCUT2D eigenvalue weighted by Crippen LogP contribution is -2.36. The summed E-state index contributed by atoms with van der Waals surface area (Å²) in [4.78, 5) is 2.02. The van der Waals surface area contributed by atoms with E-state index in [0.717, 1.165) is 24.2 Å². The summed E-state index contributed by atoms with van der Waals surface area (Å²) < 4.78 is 0. The van der Waals surface area contributed by atoms with Gasteiger partial charge in [-0.05, 0) is 31.7 Å². The summed E-state index contributed by atoms with van der Waals surface area (Å²) in [6.45, 7) is 6.75. The number of aliphatic hydroxyl groups is 1. The van der Waals surface area contributed by atoms with Gasteiger partial charge in [-0.2, -0.15) is 10.4 Å². The van der Waals surface area contributed by atoms with Gasteiger partial charge in [0.1, 0.15) is 11.6 Å². The molecule has 2 atom stereocenters. The number of aromatic nitrogens is 2. The molecule has 2 heterocycles. The summed E-state index contributed by atoms with van der Waals surface area (Å²) in [6.07, 6.45) is 1.00. The van der Waals surface area contributed by atoms with Gasteiger partial charge in [-0.15, -0.1) is 5.10 Å². The van der Waals surface area contributed by atoms with E-state index in [1.165, 1.54) is 0 Å². The second-order valence-corrected chi connectivity index (χ2v) is 4.93. The molecular weight excluding hydrogens is 228 g/mol. The Morgan fingerprint density at radius 3 is 2.78 bits per heavy atom. The van der Waals surface area contributed by atoms with Crippen molar-refractivity contribution in [2.75, 3.05) is 18.1 Å². The van der Waals surface area contributed by atoms with Crippen molar-refractivity contribution in [1.82, 2.24) is 10.2 Å². The second kappa shape index (κ2) is 4.91. The maximum absolute atomic E-state index is 9.48. The molecule has 96 valence electrons. The van der Waals surface area contributed by atoms with E-state index in [9.17, 15) is 10.4 Å². The minimum atomic E-state index is 0.0357. The lowest BCUT2D eigenvalue weighted by Gasteiger charge is -2.27. The first-order chi connectivity index (χ1) is 8.60. The normalized spacial score (nSPS) is 23.2. The van der Waals surface area contributed by atoms with Crippen LogP contribution in [0.15, 0.2) is 0 Å². The highest BCUT2D eigenvalue weighted by Crippen LogP contribution is 2.31. The Balaban J connectivity index is 2.46. The standard InChI is InChI=1S/C13H18N4O/c1-8-4-5-17(12(8)7-18)13-11(6-14)9(2)10(3)15-16-13/h8,12,18H,4-5,7H2,1-3H3. The van der Waals surface area contributed by atoms with Crippen LogP contribution < -0.4 is 4.90 Å². The van der Waals surface area contributed by atoms with Gasteiger partial charge in [-0.25, -0.2) is 0 Å². The molecule has 0 aliphatic carbocycles. The maximum Gasteiger partial charge on any atom is 0.169 e. The molecule has 0 aromatic carbocycles. The van der Waals surface area contributed by atoms with Crippen LogP contribution in [-0.4, -0.2) is 34.5 Å². The highest BCUT2D eigenvalue weighted by molar-refractivity contribution is 5.58. The van der Waals surface area contributed by atoms with Crippen molar-refractivity contribution in [3.05, 3.63) is 16.8 Å². The van der Waals surface area contributed by atoms with Crippen LogP contribution in [0, 0.1) is 31.1 Å². The molecule has 0 spiro atoms. The largest absolute Gasteiger partial charge is 0.394 e. The quantitative estimate of drug-likeness (QED) is 0.848. The van der Waals surface area contributed by atoms with E-state index in [4.69, 9.17) is 0 Å². The fourth-order valence-corrected chi connectivity index (χ4v) is 2.48. The minimum absolute atomic E-state index is 0.0357. The van der Waals surface area contributed by atoms with Gasteiger partial charge in [0.05, 0.1) is 18.3 Å². The van der Waals surface area contributed by atoms with Gasteiger partial charge in [0, 0.05) is 6.54 Å². The minimum Gasteiger partial charge on any atom is -0.394 e. The Bertz CT molecular complexity index is 494. The second-order valence-electron chi connectivity index (χ2n) is 4.93. The fraction of sp³-hybridized carbons (Fsp3) is 0.615. The number of nitriles is 1. The van der Waals surface area contributed by atoms with E-state index in [1.54, 1.807) is 0 Å². The Kier molecular flexibility index (Phi) is 3.48. The topological polar surface area (TPSA) is 73.0 Å². The lowest BCUT2D eigenvalue weighted by atomic mass is 10.0. The summed E-state index contributed by atoms with van der Waals surface area (Å²) in [5.74, 6) is 1.02. The van der Waals surface area contributed by atoms with Gasteiger partial charge >= 0.3 is 0 Å². The van der Waals surface area contributed by atoms with Gasteiger partial charge < -0.3 is 10.0 Å². The molecule has 1 aliphatic heterocycles. The van der Waals surface area contributed by atoms with E-state index in [2.05, 4.69) is 23.2 Å². The zero-order chi connectivity index (χ0) is 13.3. The molecule has 1 aliphatic rings. The first-order valence-electron chi connectivity index (χ1n) is 6.21. The molecule has 2 rings (SSSR count). The lowest BCUT2D eigenvalue weighted by molar-refractivity contribution is 0.244. The third-order valence-corrected chi connectivity index (χ3v) is 3.89. The van der Waals surface area contributed by atoms with Gasteiger partial charge in [0.2, 0.25) is 0 Å². The van der Waals surface area contributed by atoms with Crippen LogP contribution in [0.5, 0.6) is 0 Å². The van der Waals surface area contributed by atoms with Crippen molar-refractivity contribution in [3.63, 3.8) is 0 Å². The summed E-state index contributed by atoms with van der Waals surface area (Å²) in [7, 11) is 0. The maximum atomic E-state index is 9.48. The van der Waals surface area contributed by atoms with Crippen molar-refractivity contribution >= 4 is 5.82 Å². The number of hydrogen-bond donors (Lipinski definition) is 1. The van der Waals surface area contributed by atoms with Gasteiger partial charge in [-0.3, -0.25) is 0 Å². The van der Waals surface area contributed by atoms with E-state index in [0.29, 0.717) is 17.3 Å². The van der Waals surface area contributed by atoms with Crippen molar-refractivity contribution < 1.29 is 5.11 Å². The average molecular weight is 246 g/mol. The molecule has 1 aromatic heterocycles. The molecule has 0 amide bonds. The van der Waals surface area contributed by atoms with Crippen LogP contribution in [0.1, 0.15) is 30.2 Å². The highest BCUT2D eigenvalue weighted by Gasteiger charge is 2.33. The number of nitrogens with zero attached hydrogens (tertiary/aromatic N) is 4. The van der Waals surface area contributed by atoms with Crippen molar-refractivity contribution in [2.45, 2.75) is 33.2 Å². The van der Waals surface area contributed by atoms with Crippen LogP contribution in [-0.2, 0) is 0 Å². The Morgan fingerprint density at radius 1 is 1.44 bits per heavy atom. The Hall–Kier alpha value is -1.67. The first kappa shape index (κ1) is 12.8. The summed E-state index contributed by atoms with van der Waals surface area (Å²) in [5.41, 5.74) is 2.23. The van der Waals surface area contributed by atoms with Crippen molar-refractivity contribution in [1.29, 1.82) is 5.26 Å². The third kappa shape index (κ3) is 1.93. The predicted octanol–water partition coefficient (Wildman–Crippen LogP) is 1.17. The molecule has 5 heteroatoms. The molecule has 5 nitrogen and oxygen atoms in total. The number of aliphatic hydroxyl groups excluding tert-OH is 1. The fourth-order valence-electron chi connectivity index (χ4n) is 2.48. The SMILES string of the molecule is Cc1nnc(N2CCC(C)C2CO)c(C#N)c1C. The number of aryl methyl sites for hydroxylation is 1. The summed E-state index contributed by atoms with van der Waals surface area (Å²) in [6, 6.07) is 2.25. The molecule has 0 radical (unpaired) electrons. The molecule has 2 unspecified atom stereocenters. The molecule has 0 saturated carbocycles. The number of rotatable bonds is 2.